The van der Waals surface area contributed by atoms with E-state index in [0.29, 0.717) is 6.04 Å². The molecule has 0 bridgehead atoms. The van der Waals surface area contributed by atoms with Crippen LogP contribution in [-0.2, 0) is 6.42 Å². The van der Waals surface area contributed by atoms with Crippen LogP contribution < -0.4 is 5.32 Å². The van der Waals surface area contributed by atoms with E-state index in [2.05, 4.69) is 29.6 Å². The number of nitrogens with zero attached hydrogens (tertiary/aromatic N) is 1. The summed E-state index contributed by atoms with van der Waals surface area (Å²) < 4.78 is 0. The van der Waals surface area contributed by atoms with Gasteiger partial charge in [-0.15, -0.1) is 0 Å². The van der Waals surface area contributed by atoms with E-state index in [1.807, 2.05) is 17.9 Å². The van der Waals surface area contributed by atoms with Gasteiger partial charge in [0.1, 0.15) is 0 Å². The van der Waals surface area contributed by atoms with Crippen LogP contribution in [0, 0.1) is 0 Å². The van der Waals surface area contributed by atoms with Gasteiger partial charge in [0.2, 0.25) is 0 Å². The molecule has 2 rings (SSSR count). The summed E-state index contributed by atoms with van der Waals surface area (Å²) in [6, 6.07) is 11.0. The second-order valence-electron chi connectivity index (χ2n) is 6.23. The molecular weight excluding hydrogens is 276 g/mol. The standard InChI is InChI=1S/C18H28N2O2/c1-15(7-6-14-21)19-18(22)20-13-5-10-17(20)12-11-16-8-3-2-4-9-16/h2-4,8-9,15,17,21H,5-7,10-14H2,1H3,(H,19,22). The molecule has 0 aliphatic carbocycles. The van der Waals surface area contributed by atoms with Gasteiger partial charge in [0.15, 0.2) is 0 Å². The zero-order valence-electron chi connectivity index (χ0n) is 13.5. The number of carbonyl (C=O) groups excluding carboxylic acids is 1. The molecule has 1 aromatic carbocycles. The van der Waals surface area contributed by atoms with Crippen LogP contribution in [0.15, 0.2) is 30.3 Å². The topological polar surface area (TPSA) is 52.6 Å². The van der Waals surface area contributed by atoms with Gasteiger partial charge in [-0.05, 0) is 51.0 Å². The van der Waals surface area contributed by atoms with E-state index >= 15 is 0 Å². The number of aliphatic hydroxyl groups is 1. The molecule has 0 aromatic heterocycles. The lowest BCUT2D eigenvalue weighted by atomic mass is 10.0. The maximum atomic E-state index is 12.4. The second kappa shape index (κ2) is 8.79. The quantitative estimate of drug-likeness (QED) is 0.814. The summed E-state index contributed by atoms with van der Waals surface area (Å²) in [4.78, 5) is 14.4. The summed E-state index contributed by atoms with van der Waals surface area (Å²) in [5.74, 6) is 0. The molecule has 2 N–H and O–H groups in total. The fraction of sp³-hybridized carbons (Fsp3) is 0.611. The minimum absolute atomic E-state index is 0.0565. The lowest BCUT2D eigenvalue weighted by Crippen LogP contribution is -2.46. The van der Waals surface area contributed by atoms with Crippen molar-refractivity contribution in [3.05, 3.63) is 35.9 Å². The predicted molar refractivity (Wildman–Crippen MR) is 88.8 cm³/mol. The van der Waals surface area contributed by atoms with Crippen LogP contribution in [0.1, 0.15) is 44.6 Å². The summed E-state index contributed by atoms with van der Waals surface area (Å²) in [5, 5.41) is 11.9. The third-order valence-electron chi connectivity index (χ3n) is 4.41. The average molecular weight is 304 g/mol. The number of amides is 2. The average Bonchev–Trinajstić information content (AvgIpc) is 3.00. The Hall–Kier alpha value is -1.55. The molecule has 0 radical (unpaired) electrons. The summed E-state index contributed by atoms with van der Waals surface area (Å²) >= 11 is 0. The predicted octanol–water partition coefficient (Wildman–Crippen LogP) is 2.95. The molecule has 22 heavy (non-hydrogen) atoms. The fourth-order valence-electron chi connectivity index (χ4n) is 3.14. The van der Waals surface area contributed by atoms with Gasteiger partial charge < -0.3 is 15.3 Å². The maximum Gasteiger partial charge on any atom is 0.317 e. The van der Waals surface area contributed by atoms with E-state index in [-0.39, 0.29) is 18.7 Å². The number of carbonyl (C=O) groups is 1. The zero-order valence-corrected chi connectivity index (χ0v) is 13.5. The number of aliphatic hydroxyl groups excluding tert-OH is 1. The number of benzene rings is 1. The summed E-state index contributed by atoms with van der Waals surface area (Å²) in [7, 11) is 0. The SMILES string of the molecule is CC(CCCO)NC(=O)N1CCCC1CCc1ccccc1. The van der Waals surface area contributed by atoms with Gasteiger partial charge in [-0.3, -0.25) is 0 Å². The number of urea groups is 1. The van der Waals surface area contributed by atoms with Crippen LogP contribution in [0.4, 0.5) is 4.79 Å². The van der Waals surface area contributed by atoms with Crippen LogP contribution in [0.25, 0.3) is 0 Å². The largest absolute Gasteiger partial charge is 0.396 e. The highest BCUT2D eigenvalue weighted by atomic mass is 16.3. The van der Waals surface area contributed by atoms with E-state index in [9.17, 15) is 4.79 Å². The van der Waals surface area contributed by atoms with Crippen LogP contribution in [0.3, 0.4) is 0 Å². The number of nitrogens with one attached hydrogen (secondary N) is 1. The number of hydrogen-bond acceptors (Lipinski definition) is 2. The van der Waals surface area contributed by atoms with Gasteiger partial charge in [-0.1, -0.05) is 30.3 Å². The third kappa shape index (κ3) is 5.02. The Morgan fingerprint density at radius 3 is 2.91 bits per heavy atom. The molecule has 4 nitrogen and oxygen atoms in total. The highest BCUT2D eigenvalue weighted by Gasteiger charge is 2.28. The summed E-state index contributed by atoms with van der Waals surface area (Å²) in [5.41, 5.74) is 1.34. The van der Waals surface area contributed by atoms with E-state index in [0.717, 1.165) is 45.1 Å². The summed E-state index contributed by atoms with van der Waals surface area (Å²) in [6.07, 6.45) is 5.81. The van der Waals surface area contributed by atoms with E-state index in [4.69, 9.17) is 5.11 Å². The highest BCUT2D eigenvalue weighted by Crippen LogP contribution is 2.22. The van der Waals surface area contributed by atoms with Gasteiger partial charge in [0, 0.05) is 25.2 Å². The molecule has 122 valence electrons. The molecule has 4 heteroatoms. The lowest BCUT2D eigenvalue weighted by molar-refractivity contribution is 0.185. The lowest BCUT2D eigenvalue weighted by Gasteiger charge is -2.27. The van der Waals surface area contributed by atoms with Gasteiger partial charge in [0.05, 0.1) is 0 Å². The molecule has 1 aliphatic rings. The second-order valence-corrected chi connectivity index (χ2v) is 6.23. The Morgan fingerprint density at radius 1 is 1.41 bits per heavy atom. The Balaban J connectivity index is 1.80. The van der Waals surface area contributed by atoms with Gasteiger partial charge in [-0.25, -0.2) is 4.79 Å². The van der Waals surface area contributed by atoms with Crippen molar-refractivity contribution < 1.29 is 9.90 Å². The monoisotopic (exact) mass is 304 g/mol. The van der Waals surface area contributed by atoms with E-state index < -0.39 is 0 Å². The first-order valence-electron chi connectivity index (χ1n) is 8.42. The molecule has 2 atom stereocenters. The molecule has 2 unspecified atom stereocenters. The minimum atomic E-state index is 0.0565. The fourth-order valence-corrected chi connectivity index (χ4v) is 3.14. The van der Waals surface area contributed by atoms with Crippen molar-refractivity contribution in [3.8, 4) is 0 Å². The van der Waals surface area contributed by atoms with Gasteiger partial charge in [-0.2, -0.15) is 0 Å². The molecule has 0 spiro atoms. The van der Waals surface area contributed by atoms with Crippen LogP contribution >= 0.6 is 0 Å². The Bertz CT molecular complexity index is 450. The molecule has 1 heterocycles. The van der Waals surface area contributed by atoms with Crippen LogP contribution in [0.5, 0.6) is 0 Å². The molecule has 2 amide bonds. The number of rotatable bonds is 7. The number of aryl methyl sites for hydroxylation is 1. The van der Waals surface area contributed by atoms with Crippen molar-refractivity contribution >= 4 is 6.03 Å². The number of likely N-dealkylation sites (tertiary alicyclic amines) is 1. The first-order chi connectivity index (χ1) is 10.7. The smallest absolute Gasteiger partial charge is 0.317 e. The first-order valence-corrected chi connectivity index (χ1v) is 8.42. The minimum Gasteiger partial charge on any atom is -0.396 e. The first kappa shape index (κ1) is 16.8. The van der Waals surface area contributed by atoms with E-state index in [1.54, 1.807) is 0 Å². The Labute approximate surface area is 133 Å². The molecule has 1 fully saturated rings. The van der Waals surface area contributed by atoms with Crippen LogP contribution in [0.2, 0.25) is 0 Å². The molecule has 1 aromatic rings. The number of hydrogen-bond donors (Lipinski definition) is 2. The van der Waals surface area contributed by atoms with Crippen molar-refractivity contribution in [3.63, 3.8) is 0 Å². The molecule has 1 aliphatic heterocycles. The molecule has 1 saturated heterocycles. The maximum absolute atomic E-state index is 12.4. The summed E-state index contributed by atoms with van der Waals surface area (Å²) in [6.45, 7) is 3.05. The van der Waals surface area contributed by atoms with Crippen molar-refractivity contribution in [2.45, 2.75) is 57.5 Å². The Morgan fingerprint density at radius 2 is 2.18 bits per heavy atom. The van der Waals surface area contributed by atoms with Crippen molar-refractivity contribution in [1.82, 2.24) is 10.2 Å². The highest BCUT2D eigenvalue weighted by molar-refractivity contribution is 5.75. The Kier molecular flexibility index (Phi) is 6.72. The van der Waals surface area contributed by atoms with Gasteiger partial charge >= 0.3 is 6.03 Å². The van der Waals surface area contributed by atoms with Crippen molar-refractivity contribution in [1.29, 1.82) is 0 Å². The van der Waals surface area contributed by atoms with E-state index in [1.165, 1.54) is 5.56 Å². The van der Waals surface area contributed by atoms with Crippen molar-refractivity contribution in [2.24, 2.45) is 0 Å². The molecular formula is C18H28N2O2. The zero-order chi connectivity index (χ0) is 15.8. The van der Waals surface area contributed by atoms with Gasteiger partial charge in [0.25, 0.3) is 0 Å². The third-order valence-corrected chi connectivity index (χ3v) is 4.41. The normalized spacial score (nSPS) is 19.2. The van der Waals surface area contributed by atoms with Crippen LogP contribution in [-0.4, -0.2) is 41.3 Å². The molecule has 0 saturated carbocycles. The van der Waals surface area contributed by atoms with Crippen molar-refractivity contribution in [2.75, 3.05) is 13.2 Å².